The van der Waals surface area contributed by atoms with Crippen molar-refractivity contribution in [1.82, 2.24) is 0 Å². The molecule has 0 atom stereocenters. The Labute approximate surface area is 56.8 Å². The summed E-state index contributed by atoms with van der Waals surface area (Å²) in [5, 5.41) is 0. The molecular weight excluding hydrogens is 119 g/mol. The lowest BCUT2D eigenvalue weighted by molar-refractivity contribution is 0.0968. The normalized spacial score (nSPS) is 16.7. The van der Waals surface area contributed by atoms with Crippen LogP contribution in [0.3, 0.4) is 0 Å². The maximum Gasteiger partial charge on any atom is 0.0466 e. The molecule has 0 N–H and O–H groups in total. The summed E-state index contributed by atoms with van der Waals surface area (Å²) in [5.41, 5.74) is 0. The molecule has 0 aromatic heterocycles. The summed E-state index contributed by atoms with van der Waals surface area (Å²) in [7, 11) is 0. The van der Waals surface area contributed by atoms with E-state index >= 15 is 0 Å². The van der Waals surface area contributed by atoms with E-state index in [1.807, 2.05) is 13.8 Å². The van der Waals surface area contributed by atoms with Crippen molar-refractivity contribution in [2.24, 2.45) is 0 Å². The summed E-state index contributed by atoms with van der Waals surface area (Å²) in [6.45, 7) is 6.00. The van der Waals surface area contributed by atoms with Gasteiger partial charge in [0.2, 0.25) is 0 Å². The molecule has 2 heteroatoms. The Morgan fingerprint density at radius 1 is 0.889 bits per heavy atom. The lowest BCUT2D eigenvalue weighted by Crippen LogP contribution is -2.03. The van der Waals surface area contributed by atoms with Crippen molar-refractivity contribution < 1.29 is 9.44 Å². The molecule has 1 nitrogen and oxygen atoms in total. The molecule has 0 aromatic rings. The average Bonchev–Trinajstić information content (AvgIpc) is 1.96. The minimum absolute atomic E-state index is 0. The molecular formula is C7H17FO. The van der Waals surface area contributed by atoms with Crippen LogP contribution in [-0.2, 0) is 4.74 Å². The van der Waals surface area contributed by atoms with Gasteiger partial charge in [0, 0.05) is 13.2 Å². The second kappa shape index (κ2) is 10.8. The highest BCUT2D eigenvalue weighted by atomic mass is 19.0. The van der Waals surface area contributed by atoms with Crippen LogP contribution in [0.15, 0.2) is 0 Å². The largest absolute Gasteiger partial charge is 0.381 e. The van der Waals surface area contributed by atoms with Gasteiger partial charge in [-0.05, 0) is 19.3 Å². The van der Waals surface area contributed by atoms with E-state index in [-0.39, 0.29) is 4.70 Å². The van der Waals surface area contributed by atoms with Crippen LogP contribution in [0, 0.1) is 0 Å². The first-order valence-electron chi connectivity index (χ1n) is 3.58. The summed E-state index contributed by atoms with van der Waals surface area (Å²) >= 11 is 0. The lowest BCUT2D eigenvalue weighted by Gasteiger charge is -2.08. The third kappa shape index (κ3) is 7.89. The standard InChI is InChI=1S/C5H10O.C2H6.FH/c1-2-4-6-5-3-1;1-2;/h1-5H2;1-2H3;1H. The van der Waals surface area contributed by atoms with Crippen molar-refractivity contribution in [2.75, 3.05) is 13.2 Å². The molecule has 1 saturated heterocycles. The quantitative estimate of drug-likeness (QED) is 0.496. The van der Waals surface area contributed by atoms with Gasteiger partial charge in [0.05, 0.1) is 0 Å². The molecule has 0 aliphatic carbocycles. The van der Waals surface area contributed by atoms with Crippen molar-refractivity contribution in [3.8, 4) is 0 Å². The van der Waals surface area contributed by atoms with E-state index in [9.17, 15) is 0 Å². The molecule has 1 aliphatic heterocycles. The average molecular weight is 136 g/mol. The number of halogens is 1. The van der Waals surface area contributed by atoms with E-state index in [4.69, 9.17) is 4.74 Å². The fourth-order valence-corrected chi connectivity index (χ4v) is 0.687. The number of rotatable bonds is 0. The fraction of sp³-hybridized carbons (Fsp3) is 1.00. The molecule has 0 saturated carbocycles. The topological polar surface area (TPSA) is 9.23 Å². The molecule has 1 aliphatic rings. The van der Waals surface area contributed by atoms with Gasteiger partial charge >= 0.3 is 0 Å². The van der Waals surface area contributed by atoms with Crippen molar-refractivity contribution in [1.29, 1.82) is 0 Å². The third-order valence-electron chi connectivity index (χ3n) is 1.08. The van der Waals surface area contributed by atoms with Gasteiger partial charge in [0.25, 0.3) is 0 Å². The number of hydrogen-bond acceptors (Lipinski definition) is 1. The summed E-state index contributed by atoms with van der Waals surface area (Å²) in [5.74, 6) is 0. The molecule has 0 amide bonds. The predicted molar refractivity (Wildman–Crippen MR) is 38.5 cm³/mol. The Balaban J connectivity index is 0. The van der Waals surface area contributed by atoms with E-state index < -0.39 is 0 Å². The predicted octanol–water partition coefficient (Wildman–Crippen LogP) is 2.37. The van der Waals surface area contributed by atoms with Crippen LogP contribution in [0.25, 0.3) is 0 Å². The minimum atomic E-state index is 0. The zero-order chi connectivity index (χ0) is 6.24. The van der Waals surface area contributed by atoms with Gasteiger partial charge in [-0.3, -0.25) is 4.70 Å². The summed E-state index contributed by atoms with van der Waals surface area (Å²) in [6.07, 6.45) is 3.93. The molecule has 1 heterocycles. The Bertz CT molecular complexity index is 24.4. The Morgan fingerprint density at radius 2 is 1.33 bits per heavy atom. The highest BCUT2D eigenvalue weighted by Gasteiger charge is 1.94. The second-order valence-corrected chi connectivity index (χ2v) is 1.67. The van der Waals surface area contributed by atoms with E-state index in [0.29, 0.717) is 0 Å². The molecule has 9 heavy (non-hydrogen) atoms. The van der Waals surface area contributed by atoms with Crippen molar-refractivity contribution in [3.63, 3.8) is 0 Å². The van der Waals surface area contributed by atoms with Crippen molar-refractivity contribution >= 4 is 0 Å². The zero-order valence-corrected chi connectivity index (χ0v) is 6.35. The first-order chi connectivity index (χ1) is 4.00. The molecule has 0 radical (unpaired) electrons. The highest BCUT2D eigenvalue weighted by molar-refractivity contribution is 4.45. The van der Waals surface area contributed by atoms with E-state index in [1.165, 1.54) is 19.3 Å². The van der Waals surface area contributed by atoms with E-state index in [2.05, 4.69) is 0 Å². The lowest BCUT2D eigenvalue weighted by atomic mass is 10.2. The highest BCUT2D eigenvalue weighted by Crippen LogP contribution is 2.02. The Kier molecular flexibility index (Phi) is 14.0. The summed E-state index contributed by atoms with van der Waals surface area (Å²) < 4.78 is 5.07. The molecule has 0 bridgehead atoms. The maximum atomic E-state index is 5.07. The van der Waals surface area contributed by atoms with Crippen LogP contribution in [0.2, 0.25) is 0 Å². The van der Waals surface area contributed by atoms with Gasteiger partial charge < -0.3 is 4.74 Å². The van der Waals surface area contributed by atoms with Crippen LogP contribution in [0.4, 0.5) is 4.70 Å². The molecule has 0 unspecified atom stereocenters. The first-order valence-corrected chi connectivity index (χ1v) is 3.58. The Hall–Kier alpha value is -0.110. The van der Waals surface area contributed by atoms with Gasteiger partial charge in [-0.15, -0.1) is 0 Å². The summed E-state index contributed by atoms with van der Waals surface area (Å²) in [4.78, 5) is 0. The van der Waals surface area contributed by atoms with Crippen LogP contribution in [0.5, 0.6) is 0 Å². The molecule has 1 fully saturated rings. The van der Waals surface area contributed by atoms with Gasteiger partial charge in [0.1, 0.15) is 0 Å². The molecule has 58 valence electrons. The monoisotopic (exact) mass is 136 g/mol. The first kappa shape index (κ1) is 11.7. The Morgan fingerprint density at radius 3 is 1.44 bits per heavy atom. The van der Waals surface area contributed by atoms with Gasteiger partial charge in [-0.2, -0.15) is 0 Å². The van der Waals surface area contributed by atoms with Crippen LogP contribution in [0.1, 0.15) is 33.1 Å². The second-order valence-electron chi connectivity index (χ2n) is 1.67. The summed E-state index contributed by atoms with van der Waals surface area (Å²) in [6, 6.07) is 0. The maximum absolute atomic E-state index is 5.07. The molecule has 1 rings (SSSR count). The van der Waals surface area contributed by atoms with E-state index in [0.717, 1.165) is 13.2 Å². The number of hydrogen-bond donors (Lipinski definition) is 0. The van der Waals surface area contributed by atoms with Crippen LogP contribution >= 0.6 is 0 Å². The van der Waals surface area contributed by atoms with Crippen molar-refractivity contribution in [3.05, 3.63) is 0 Å². The molecule has 0 aromatic carbocycles. The zero-order valence-electron chi connectivity index (χ0n) is 6.35. The molecule has 0 spiro atoms. The van der Waals surface area contributed by atoms with Crippen LogP contribution in [-0.4, -0.2) is 13.2 Å². The smallest absolute Gasteiger partial charge is 0.0466 e. The SMILES string of the molecule is C1CCOCC1.CC.F. The fourth-order valence-electron chi connectivity index (χ4n) is 0.687. The third-order valence-corrected chi connectivity index (χ3v) is 1.08. The minimum Gasteiger partial charge on any atom is -0.381 e. The van der Waals surface area contributed by atoms with Gasteiger partial charge in [0.15, 0.2) is 0 Å². The van der Waals surface area contributed by atoms with E-state index in [1.54, 1.807) is 0 Å². The number of ether oxygens (including phenoxy) is 1. The van der Waals surface area contributed by atoms with Crippen LogP contribution < -0.4 is 0 Å². The van der Waals surface area contributed by atoms with Gasteiger partial charge in [-0.1, -0.05) is 13.8 Å². The van der Waals surface area contributed by atoms with Gasteiger partial charge in [-0.25, -0.2) is 0 Å². The van der Waals surface area contributed by atoms with Crippen molar-refractivity contribution in [2.45, 2.75) is 33.1 Å².